The van der Waals surface area contributed by atoms with E-state index >= 15 is 0 Å². The summed E-state index contributed by atoms with van der Waals surface area (Å²) in [6, 6.07) is 14.6. The van der Waals surface area contributed by atoms with Crippen LogP contribution in [0.1, 0.15) is 21.0 Å². The molecule has 0 radical (unpaired) electrons. The molecular weight excluding hydrogens is 362 g/mol. The van der Waals surface area contributed by atoms with E-state index in [-0.39, 0.29) is 18.4 Å². The second-order valence-corrected chi connectivity index (χ2v) is 7.04. The van der Waals surface area contributed by atoms with E-state index in [1.165, 1.54) is 4.88 Å². The maximum Gasteiger partial charge on any atom is 0.251 e. The fourth-order valence-corrected chi connectivity index (χ4v) is 3.41. The lowest BCUT2D eigenvalue weighted by Gasteiger charge is -2.20. The Morgan fingerprint density at radius 1 is 1.07 bits per heavy atom. The van der Waals surface area contributed by atoms with Crippen LogP contribution in [0.3, 0.4) is 0 Å². The summed E-state index contributed by atoms with van der Waals surface area (Å²) in [5.41, 5.74) is 1.20. The smallest absolute Gasteiger partial charge is 0.251 e. The number of carbonyl (C=O) groups is 2. The molecule has 2 amide bonds. The number of hydrogen-bond acceptors (Lipinski definition) is 5. The van der Waals surface area contributed by atoms with Gasteiger partial charge in [-0.1, -0.05) is 6.07 Å². The molecule has 2 aromatic heterocycles. The molecule has 0 unspecified atom stereocenters. The standard InChI is InChI=1S/C20H21N3O3S/c1-21-20(25)15-6-8-16(9-7-15)22-19(24)14-23(12-17-4-2-10-26-17)13-18-5-3-11-27-18/h2-11H,12-14H2,1H3,(H,21,25)(H,22,24). The third kappa shape index (κ3) is 5.54. The van der Waals surface area contributed by atoms with Gasteiger partial charge in [-0.25, -0.2) is 0 Å². The third-order valence-corrected chi connectivity index (χ3v) is 4.81. The Bertz CT molecular complexity index is 822. The fourth-order valence-electron chi connectivity index (χ4n) is 2.67. The third-order valence-electron chi connectivity index (χ3n) is 3.94. The minimum Gasteiger partial charge on any atom is -0.468 e. The van der Waals surface area contributed by atoms with Crippen LogP contribution in [0.4, 0.5) is 5.69 Å². The molecule has 0 spiro atoms. The van der Waals surface area contributed by atoms with E-state index in [1.807, 2.05) is 28.5 Å². The molecule has 0 aliphatic heterocycles. The Kier molecular flexibility index (Phi) is 6.40. The van der Waals surface area contributed by atoms with Gasteiger partial charge in [0.25, 0.3) is 5.91 Å². The lowest BCUT2D eigenvalue weighted by Crippen LogP contribution is -2.32. The molecule has 1 aromatic carbocycles. The molecule has 0 bridgehead atoms. The normalized spacial score (nSPS) is 10.7. The molecule has 2 N–H and O–H groups in total. The first kappa shape index (κ1) is 18.9. The average Bonchev–Trinajstić information content (AvgIpc) is 3.36. The Hall–Kier alpha value is -2.90. The molecule has 0 aliphatic rings. The SMILES string of the molecule is CNC(=O)c1ccc(NC(=O)CN(Cc2ccco2)Cc2cccs2)cc1. The van der Waals surface area contributed by atoms with Crippen LogP contribution in [0, 0.1) is 0 Å². The summed E-state index contributed by atoms with van der Waals surface area (Å²) < 4.78 is 5.42. The number of anilines is 1. The van der Waals surface area contributed by atoms with E-state index < -0.39 is 0 Å². The van der Waals surface area contributed by atoms with Crippen LogP contribution in [0.15, 0.2) is 64.6 Å². The van der Waals surface area contributed by atoms with Crippen molar-refractivity contribution in [1.29, 1.82) is 0 Å². The number of thiophene rings is 1. The summed E-state index contributed by atoms with van der Waals surface area (Å²) in [4.78, 5) is 27.3. The Labute approximate surface area is 161 Å². The summed E-state index contributed by atoms with van der Waals surface area (Å²) in [5.74, 6) is 0.536. The second kappa shape index (κ2) is 9.16. The number of furan rings is 1. The van der Waals surface area contributed by atoms with Crippen molar-refractivity contribution in [3.63, 3.8) is 0 Å². The van der Waals surface area contributed by atoms with Crippen molar-refractivity contribution in [2.24, 2.45) is 0 Å². The van der Waals surface area contributed by atoms with Gasteiger partial charge < -0.3 is 15.1 Å². The highest BCUT2D eigenvalue weighted by atomic mass is 32.1. The van der Waals surface area contributed by atoms with Crippen molar-refractivity contribution >= 4 is 28.8 Å². The molecule has 3 aromatic rings. The number of amides is 2. The van der Waals surface area contributed by atoms with Crippen molar-refractivity contribution in [2.45, 2.75) is 13.1 Å². The highest BCUT2D eigenvalue weighted by molar-refractivity contribution is 7.09. The summed E-state index contributed by atoms with van der Waals surface area (Å²) in [5, 5.41) is 7.47. The quantitative estimate of drug-likeness (QED) is 0.626. The van der Waals surface area contributed by atoms with E-state index in [0.717, 1.165) is 5.76 Å². The molecule has 6 nitrogen and oxygen atoms in total. The number of carbonyl (C=O) groups excluding carboxylic acids is 2. The molecule has 0 atom stereocenters. The number of nitrogens with zero attached hydrogens (tertiary/aromatic N) is 1. The molecule has 2 heterocycles. The Morgan fingerprint density at radius 3 is 2.52 bits per heavy atom. The van der Waals surface area contributed by atoms with Gasteiger partial charge in [-0.3, -0.25) is 14.5 Å². The predicted octanol–water partition coefficient (Wildman–Crippen LogP) is 3.34. The van der Waals surface area contributed by atoms with Crippen molar-refractivity contribution < 1.29 is 14.0 Å². The van der Waals surface area contributed by atoms with Gasteiger partial charge in [0.05, 0.1) is 19.4 Å². The maximum absolute atomic E-state index is 12.5. The van der Waals surface area contributed by atoms with Crippen LogP contribution >= 0.6 is 11.3 Å². The average molecular weight is 383 g/mol. The van der Waals surface area contributed by atoms with Crippen molar-refractivity contribution in [3.05, 3.63) is 76.4 Å². The van der Waals surface area contributed by atoms with E-state index in [9.17, 15) is 9.59 Å². The minimum absolute atomic E-state index is 0.120. The highest BCUT2D eigenvalue weighted by Gasteiger charge is 2.14. The van der Waals surface area contributed by atoms with Crippen LogP contribution in [-0.2, 0) is 17.9 Å². The summed E-state index contributed by atoms with van der Waals surface area (Å²) in [6.07, 6.45) is 1.63. The topological polar surface area (TPSA) is 74.6 Å². The van der Waals surface area contributed by atoms with Gasteiger partial charge in [-0.05, 0) is 47.8 Å². The number of hydrogen-bond donors (Lipinski definition) is 2. The Balaban J connectivity index is 1.62. The van der Waals surface area contributed by atoms with Crippen LogP contribution in [0.25, 0.3) is 0 Å². The number of nitrogens with one attached hydrogen (secondary N) is 2. The van der Waals surface area contributed by atoms with E-state index in [4.69, 9.17) is 4.42 Å². The van der Waals surface area contributed by atoms with Crippen LogP contribution in [0.2, 0.25) is 0 Å². The van der Waals surface area contributed by atoms with E-state index in [1.54, 1.807) is 48.9 Å². The zero-order valence-electron chi connectivity index (χ0n) is 15.0. The monoisotopic (exact) mass is 383 g/mol. The fraction of sp³-hybridized carbons (Fsp3) is 0.200. The van der Waals surface area contributed by atoms with E-state index in [0.29, 0.717) is 24.3 Å². The molecule has 0 saturated heterocycles. The van der Waals surface area contributed by atoms with Crippen LogP contribution in [-0.4, -0.2) is 30.3 Å². The molecule has 0 aliphatic carbocycles. The van der Waals surface area contributed by atoms with Gasteiger partial charge in [0.2, 0.25) is 5.91 Å². The largest absolute Gasteiger partial charge is 0.468 e. The molecular formula is C20H21N3O3S. The maximum atomic E-state index is 12.5. The van der Waals surface area contributed by atoms with Gasteiger partial charge in [-0.15, -0.1) is 11.3 Å². The van der Waals surface area contributed by atoms with Gasteiger partial charge in [-0.2, -0.15) is 0 Å². The molecule has 0 saturated carbocycles. The minimum atomic E-state index is -0.159. The van der Waals surface area contributed by atoms with Crippen LogP contribution in [0.5, 0.6) is 0 Å². The lowest BCUT2D eigenvalue weighted by molar-refractivity contribution is -0.117. The van der Waals surface area contributed by atoms with Gasteiger partial charge in [0.1, 0.15) is 5.76 Å². The first-order chi connectivity index (χ1) is 13.1. The molecule has 7 heteroatoms. The zero-order chi connectivity index (χ0) is 19.1. The lowest BCUT2D eigenvalue weighted by atomic mass is 10.2. The highest BCUT2D eigenvalue weighted by Crippen LogP contribution is 2.15. The second-order valence-electron chi connectivity index (χ2n) is 6.01. The van der Waals surface area contributed by atoms with Crippen LogP contribution < -0.4 is 10.6 Å². The first-order valence-corrected chi connectivity index (χ1v) is 9.41. The van der Waals surface area contributed by atoms with Gasteiger partial charge in [0.15, 0.2) is 0 Å². The summed E-state index contributed by atoms with van der Waals surface area (Å²) >= 11 is 1.66. The number of rotatable bonds is 8. The molecule has 140 valence electrons. The van der Waals surface area contributed by atoms with E-state index in [2.05, 4.69) is 16.7 Å². The molecule has 0 fully saturated rings. The van der Waals surface area contributed by atoms with Crippen molar-refractivity contribution in [3.8, 4) is 0 Å². The Morgan fingerprint density at radius 2 is 1.89 bits per heavy atom. The molecule has 27 heavy (non-hydrogen) atoms. The predicted molar refractivity (Wildman–Crippen MR) is 106 cm³/mol. The van der Waals surface area contributed by atoms with Gasteiger partial charge in [0, 0.05) is 29.7 Å². The molecule has 3 rings (SSSR count). The zero-order valence-corrected chi connectivity index (χ0v) is 15.8. The first-order valence-electron chi connectivity index (χ1n) is 8.53. The van der Waals surface area contributed by atoms with Crippen molar-refractivity contribution in [1.82, 2.24) is 10.2 Å². The number of benzene rings is 1. The van der Waals surface area contributed by atoms with Gasteiger partial charge >= 0.3 is 0 Å². The van der Waals surface area contributed by atoms with Crippen molar-refractivity contribution in [2.75, 3.05) is 18.9 Å². The summed E-state index contributed by atoms with van der Waals surface area (Å²) in [6.45, 7) is 1.45. The summed E-state index contributed by atoms with van der Waals surface area (Å²) in [7, 11) is 1.58.